The summed E-state index contributed by atoms with van der Waals surface area (Å²) >= 11 is 0. The summed E-state index contributed by atoms with van der Waals surface area (Å²) in [5, 5.41) is 11.4. The van der Waals surface area contributed by atoms with Crippen molar-refractivity contribution in [2.45, 2.75) is 25.4 Å². The Bertz CT molecular complexity index is 1080. The number of H-pyrrole nitrogens is 1. The van der Waals surface area contributed by atoms with Crippen LogP contribution in [0.1, 0.15) is 36.2 Å². The molecular weight excluding hydrogens is 371 g/mol. The van der Waals surface area contributed by atoms with Crippen LogP contribution in [0.3, 0.4) is 0 Å². The van der Waals surface area contributed by atoms with Gasteiger partial charge in [0.15, 0.2) is 11.6 Å². The molecule has 0 bridgehead atoms. The summed E-state index contributed by atoms with van der Waals surface area (Å²) in [5.74, 6) is 1.89. The predicted octanol–water partition coefficient (Wildman–Crippen LogP) is 3.63. The monoisotopic (exact) mass is 390 g/mol. The fourth-order valence-corrected chi connectivity index (χ4v) is 3.48. The maximum atomic E-state index is 13.4. The molecule has 0 spiro atoms. The number of aromatic nitrogens is 6. The van der Waals surface area contributed by atoms with Crippen molar-refractivity contribution in [1.29, 1.82) is 0 Å². The van der Waals surface area contributed by atoms with E-state index < -0.39 is 0 Å². The van der Waals surface area contributed by atoms with Crippen LogP contribution in [0.25, 0.3) is 17.1 Å². The molecule has 0 aliphatic carbocycles. The summed E-state index contributed by atoms with van der Waals surface area (Å²) in [6.45, 7) is 0.724. The SMILES string of the molecule is Fc1ccc(-n2nc(C3CCCO3)nc2-c2ccc(Cc3ncn[nH]3)cc2)cc1. The second kappa shape index (κ2) is 7.56. The molecule has 1 unspecified atom stereocenters. The van der Waals surface area contributed by atoms with E-state index in [0.717, 1.165) is 42.1 Å². The smallest absolute Gasteiger partial charge is 0.180 e. The van der Waals surface area contributed by atoms with Crippen LogP contribution in [0, 0.1) is 5.82 Å². The van der Waals surface area contributed by atoms with Crippen LogP contribution in [-0.2, 0) is 11.2 Å². The highest BCUT2D eigenvalue weighted by atomic mass is 19.1. The Morgan fingerprint density at radius 1 is 1.10 bits per heavy atom. The van der Waals surface area contributed by atoms with Crippen LogP contribution in [-0.4, -0.2) is 36.6 Å². The summed E-state index contributed by atoms with van der Waals surface area (Å²) in [6.07, 6.45) is 3.99. The number of aromatic amines is 1. The topological polar surface area (TPSA) is 81.5 Å². The van der Waals surface area contributed by atoms with E-state index in [-0.39, 0.29) is 11.9 Å². The van der Waals surface area contributed by atoms with Gasteiger partial charge < -0.3 is 4.74 Å². The van der Waals surface area contributed by atoms with Crippen molar-refractivity contribution in [3.8, 4) is 17.1 Å². The summed E-state index contributed by atoms with van der Waals surface area (Å²) < 4.78 is 20.9. The molecule has 7 nitrogen and oxygen atoms in total. The van der Waals surface area contributed by atoms with E-state index in [1.54, 1.807) is 16.8 Å². The second-order valence-corrected chi connectivity index (χ2v) is 6.99. The molecule has 1 atom stereocenters. The third-order valence-electron chi connectivity index (χ3n) is 4.96. The Morgan fingerprint density at radius 2 is 1.93 bits per heavy atom. The maximum absolute atomic E-state index is 13.4. The largest absolute Gasteiger partial charge is 0.370 e. The van der Waals surface area contributed by atoms with Crippen molar-refractivity contribution in [2.75, 3.05) is 6.61 Å². The maximum Gasteiger partial charge on any atom is 0.180 e. The first kappa shape index (κ1) is 17.7. The van der Waals surface area contributed by atoms with E-state index in [1.165, 1.54) is 18.5 Å². The molecule has 3 heterocycles. The van der Waals surface area contributed by atoms with E-state index in [9.17, 15) is 4.39 Å². The number of benzene rings is 2. The van der Waals surface area contributed by atoms with E-state index in [0.29, 0.717) is 18.1 Å². The van der Waals surface area contributed by atoms with Gasteiger partial charge in [-0.2, -0.15) is 5.10 Å². The molecule has 0 radical (unpaired) electrons. The molecule has 4 aromatic rings. The lowest BCUT2D eigenvalue weighted by Gasteiger charge is -2.07. The third kappa shape index (κ3) is 3.66. The summed E-state index contributed by atoms with van der Waals surface area (Å²) in [5.41, 5.74) is 2.79. The number of hydrogen-bond acceptors (Lipinski definition) is 5. The normalized spacial score (nSPS) is 16.4. The van der Waals surface area contributed by atoms with Crippen LogP contribution in [0.2, 0.25) is 0 Å². The molecule has 1 aliphatic rings. The van der Waals surface area contributed by atoms with Crippen LogP contribution in [0.15, 0.2) is 54.9 Å². The van der Waals surface area contributed by atoms with Crippen LogP contribution in [0.5, 0.6) is 0 Å². The first-order valence-corrected chi connectivity index (χ1v) is 9.54. The van der Waals surface area contributed by atoms with Crippen molar-refractivity contribution in [3.63, 3.8) is 0 Å². The number of rotatable bonds is 5. The first-order valence-electron chi connectivity index (χ1n) is 9.54. The zero-order valence-corrected chi connectivity index (χ0v) is 15.6. The Labute approximate surface area is 166 Å². The lowest BCUT2D eigenvalue weighted by molar-refractivity contribution is 0.105. The van der Waals surface area contributed by atoms with E-state index in [1.807, 2.05) is 24.3 Å². The van der Waals surface area contributed by atoms with Crippen molar-refractivity contribution < 1.29 is 9.13 Å². The standard InChI is InChI=1S/C21H19FN6O/c22-16-7-9-17(10-8-16)28-21(25-20(27-28)18-2-1-11-29-18)15-5-3-14(4-6-15)12-19-23-13-24-26-19/h3-10,13,18H,1-2,11-12H2,(H,23,24,26). The molecule has 2 aromatic carbocycles. The molecule has 0 amide bonds. The van der Waals surface area contributed by atoms with Gasteiger partial charge in [0.2, 0.25) is 0 Å². The molecule has 1 fully saturated rings. The zero-order chi connectivity index (χ0) is 19.6. The average molecular weight is 390 g/mol. The Balaban J connectivity index is 1.51. The molecule has 5 rings (SSSR count). The highest BCUT2D eigenvalue weighted by molar-refractivity contribution is 5.58. The Hall–Kier alpha value is -3.39. The van der Waals surface area contributed by atoms with Gasteiger partial charge in [-0.3, -0.25) is 5.10 Å². The van der Waals surface area contributed by atoms with Crippen LogP contribution < -0.4 is 0 Å². The molecule has 146 valence electrons. The Morgan fingerprint density at radius 3 is 2.62 bits per heavy atom. The second-order valence-electron chi connectivity index (χ2n) is 6.99. The molecule has 1 aliphatic heterocycles. The Kier molecular flexibility index (Phi) is 4.61. The summed E-state index contributed by atoms with van der Waals surface area (Å²) in [6, 6.07) is 14.3. The van der Waals surface area contributed by atoms with Gasteiger partial charge in [0, 0.05) is 18.6 Å². The van der Waals surface area contributed by atoms with E-state index in [2.05, 4.69) is 20.3 Å². The number of hydrogen-bond donors (Lipinski definition) is 1. The predicted molar refractivity (Wildman–Crippen MR) is 104 cm³/mol. The molecule has 1 N–H and O–H groups in total. The van der Waals surface area contributed by atoms with Crippen molar-refractivity contribution in [2.24, 2.45) is 0 Å². The quantitative estimate of drug-likeness (QED) is 0.563. The first-order chi connectivity index (χ1) is 14.3. The molecule has 8 heteroatoms. The van der Waals surface area contributed by atoms with Gasteiger partial charge in [-0.05, 0) is 42.7 Å². The van der Waals surface area contributed by atoms with Gasteiger partial charge in [-0.25, -0.2) is 19.0 Å². The van der Waals surface area contributed by atoms with E-state index in [4.69, 9.17) is 9.72 Å². The van der Waals surface area contributed by atoms with Gasteiger partial charge in [-0.1, -0.05) is 24.3 Å². The van der Waals surface area contributed by atoms with Crippen molar-refractivity contribution in [1.82, 2.24) is 29.9 Å². The zero-order valence-electron chi connectivity index (χ0n) is 15.6. The number of halogens is 1. The molecule has 2 aromatic heterocycles. The molecule has 29 heavy (non-hydrogen) atoms. The average Bonchev–Trinajstić information content (AvgIpc) is 3.51. The van der Waals surface area contributed by atoms with E-state index >= 15 is 0 Å². The molecular formula is C21H19FN6O. The van der Waals surface area contributed by atoms with Gasteiger partial charge in [0.25, 0.3) is 0 Å². The minimum atomic E-state index is -0.286. The summed E-state index contributed by atoms with van der Waals surface area (Å²) in [4.78, 5) is 8.93. The highest BCUT2D eigenvalue weighted by Crippen LogP contribution is 2.30. The lowest BCUT2D eigenvalue weighted by atomic mass is 10.1. The van der Waals surface area contributed by atoms with Gasteiger partial charge in [-0.15, -0.1) is 5.10 Å². The fourth-order valence-electron chi connectivity index (χ4n) is 3.48. The molecule has 0 saturated carbocycles. The number of nitrogens with one attached hydrogen (secondary N) is 1. The van der Waals surface area contributed by atoms with Crippen LogP contribution in [0.4, 0.5) is 4.39 Å². The van der Waals surface area contributed by atoms with Crippen molar-refractivity contribution in [3.05, 3.63) is 77.9 Å². The van der Waals surface area contributed by atoms with Gasteiger partial charge in [0.1, 0.15) is 24.1 Å². The van der Waals surface area contributed by atoms with Gasteiger partial charge in [0.05, 0.1) is 5.69 Å². The molecule has 1 saturated heterocycles. The highest BCUT2D eigenvalue weighted by Gasteiger charge is 2.24. The van der Waals surface area contributed by atoms with Crippen LogP contribution >= 0.6 is 0 Å². The fraction of sp³-hybridized carbons (Fsp3) is 0.238. The van der Waals surface area contributed by atoms with Crippen molar-refractivity contribution >= 4 is 0 Å². The third-order valence-corrected chi connectivity index (χ3v) is 4.96. The summed E-state index contributed by atoms with van der Waals surface area (Å²) in [7, 11) is 0. The number of nitrogens with zero attached hydrogens (tertiary/aromatic N) is 5. The lowest BCUT2D eigenvalue weighted by Crippen LogP contribution is -2.02. The minimum Gasteiger partial charge on any atom is -0.370 e. The number of ether oxygens (including phenoxy) is 1. The minimum absolute atomic E-state index is 0.0961. The van der Waals surface area contributed by atoms with Gasteiger partial charge >= 0.3 is 0 Å².